The van der Waals surface area contributed by atoms with Gasteiger partial charge in [0.2, 0.25) is 0 Å². The second-order valence-corrected chi connectivity index (χ2v) is 4.78. The highest BCUT2D eigenvalue weighted by Crippen LogP contribution is 2.29. The molecular weight excluding hydrogens is 282 g/mol. The predicted octanol–water partition coefficient (Wildman–Crippen LogP) is 2.75. The number of nitrogens with zero attached hydrogens (tertiary/aromatic N) is 2. The maximum Gasteiger partial charge on any atom is 0.344 e. The molecule has 0 aliphatic heterocycles. The molecule has 0 aliphatic rings. The Bertz CT molecular complexity index is 808. The van der Waals surface area contributed by atoms with Crippen molar-refractivity contribution < 1.29 is 14.5 Å². The molecule has 0 aliphatic carbocycles. The average molecular weight is 289 g/mol. The van der Waals surface area contributed by atoms with Crippen LogP contribution in [0.25, 0.3) is 11.0 Å². The smallest absolute Gasteiger partial charge is 0.344 e. The van der Waals surface area contributed by atoms with Crippen molar-refractivity contribution in [2.45, 2.75) is 0 Å². The molecule has 0 saturated heterocycles. The first-order chi connectivity index (χ1) is 9.63. The topological polar surface area (TPSA) is 98.1 Å². The van der Waals surface area contributed by atoms with E-state index in [1.165, 1.54) is 17.8 Å². The van der Waals surface area contributed by atoms with Gasteiger partial charge in [0.1, 0.15) is 0 Å². The van der Waals surface area contributed by atoms with E-state index < -0.39 is 10.9 Å². The number of H-pyrrole nitrogens is 1. The van der Waals surface area contributed by atoms with Crippen LogP contribution in [0.2, 0.25) is 0 Å². The van der Waals surface area contributed by atoms with Gasteiger partial charge in [-0.2, -0.15) is 0 Å². The van der Waals surface area contributed by atoms with Gasteiger partial charge in [-0.05, 0) is 18.2 Å². The third-order valence-electron chi connectivity index (χ3n) is 2.62. The van der Waals surface area contributed by atoms with E-state index in [-0.39, 0.29) is 10.8 Å². The summed E-state index contributed by atoms with van der Waals surface area (Å²) in [7, 11) is 0. The number of nitro groups is 1. The average Bonchev–Trinajstić information content (AvgIpc) is 3.05. The van der Waals surface area contributed by atoms with E-state index in [0.29, 0.717) is 5.56 Å². The number of fused-ring (bicyclic) bond motifs is 1. The molecule has 100 valence electrons. The summed E-state index contributed by atoms with van der Waals surface area (Å²) in [6.45, 7) is 0. The maximum absolute atomic E-state index is 11.9. The number of carbonyl (C=O) groups excluding carboxylic acids is 1. The van der Waals surface area contributed by atoms with Gasteiger partial charge >= 0.3 is 5.97 Å². The lowest BCUT2D eigenvalue weighted by molar-refractivity contribution is -0.384. The Morgan fingerprint density at radius 2 is 2.25 bits per heavy atom. The summed E-state index contributed by atoms with van der Waals surface area (Å²) >= 11 is 1.00. The van der Waals surface area contributed by atoms with Gasteiger partial charge in [0.15, 0.2) is 5.06 Å². The fourth-order valence-electron chi connectivity index (χ4n) is 1.67. The molecule has 0 fully saturated rings. The Morgan fingerprint density at radius 3 is 3.00 bits per heavy atom. The highest BCUT2D eigenvalue weighted by molar-refractivity contribution is 7.12. The van der Waals surface area contributed by atoms with Crippen LogP contribution in [-0.4, -0.2) is 20.9 Å². The number of rotatable bonds is 3. The lowest BCUT2D eigenvalue weighted by atomic mass is 10.2. The van der Waals surface area contributed by atoms with Crippen LogP contribution in [0.1, 0.15) is 10.4 Å². The highest BCUT2D eigenvalue weighted by Gasteiger charge is 2.15. The number of benzene rings is 1. The van der Waals surface area contributed by atoms with Gasteiger partial charge in [0.25, 0.3) is 5.69 Å². The van der Waals surface area contributed by atoms with Gasteiger partial charge < -0.3 is 9.72 Å². The number of aromatic nitrogens is 2. The lowest BCUT2D eigenvalue weighted by Gasteiger charge is -2.00. The van der Waals surface area contributed by atoms with E-state index in [0.717, 1.165) is 22.4 Å². The van der Waals surface area contributed by atoms with Gasteiger partial charge in [-0.15, -0.1) is 0 Å². The molecule has 20 heavy (non-hydrogen) atoms. The zero-order chi connectivity index (χ0) is 14.1. The van der Waals surface area contributed by atoms with Crippen LogP contribution in [0.4, 0.5) is 5.69 Å². The van der Waals surface area contributed by atoms with E-state index in [1.807, 2.05) is 0 Å². The van der Waals surface area contributed by atoms with E-state index in [9.17, 15) is 14.9 Å². The summed E-state index contributed by atoms with van der Waals surface area (Å²) in [5, 5.41) is 12.1. The fraction of sp³-hybridized carbons (Fsp3) is 0. The standard InChI is InChI=1S/C12H7N3O4S/c16-12(19-11-4-8(5-20-11)15(17)18)7-1-2-9-10(3-7)14-6-13-9/h1-6H,(H,13,14). The Kier molecular flexibility index (Phi) is 2.92. The van der Waals surface area contributed by atoms with Crippen LogP contribution in [0, 0.1) is 10.1 Å². The summed E-state index contributed by atoms with van der Waals surface area (Å²) in [6, 6.07) is 6.12. The van der Waals surface area contributed by atoms with Crippen LogP contribution < -0.4 is 4.74 Å². The number of hydrogen-bond acceptors (Lipinski definition) is 6. The molecule has 0 unspecified atom stereocenters. The molecule has 0 atom stereocenters. The molecule has 2 heterocycles. The molecular formula is C12H7N3O4S. The van der Waals surface area contributed by atoms with Crippen LogP contribution >= 0.6 is 11.3 Å². The molecule has 0 saturated carbocycles. The third kappa shape index (κ3) is 2.24. The molecule has 1 aromatic carbocycles. The Labute approximate surface area is 116 Å². The molecule has 0 amide bonds. The SMILES string of the molecule is O=C(Oc1cc([N+](=O)[O-])cs1)c1ccc2nc[nH]c2c1. The number of nitrogens with one attached hydrogen (secondary N) is 1. The van der Waals surface area contributed by atoms with E-state index in [4.69, 9.17) is 4.74 Å². The van der Waals surface area contributed by atoms with Gasteiger partial charge in [-0.3, -0.25) is 10.1 Å². The first-order valence-electron chi connectivity index (χ1n) is 5.52. The molecule has 0 bridgehead atoms. The van der Waals surface area contributed by atoms with Gasteiger partial charge in [-0.25, -0.2) is 9.78 Å². The Morgan fingerprint density at radius 1 is 1.40 bits per heavy atom. The molecule has 3 aromatic rings. The molecule has 0 radical (unpaired) electrons. The van der Waals surface area contributed by atoms with Crippen molar-refractivity contribution in [3.05, 3.63) is 51.7 Å². The zero-order valence-corrected chi connectivity index (χ0v) is 10.7. The lowest BCUT2D eigenvalue weighted by Crippen LogP contribution is -2.07. The van der Waals surface area contributed by atoms with Crippen molar-refractivity contribution in [2.75, 3.05) is 0 Å². The van der Waals surface area contributed by atoms with Crippen molar-refractivity contribution in [3.8, 4) is 5.06 Å². The first kappa shape index (κ1) is 12.3. The predicted molar refractivity (Wildman–Crippen MR) is 72.0 cm³/mol. The quantitative estimate of drug-likeness (QED) is 0.454. The van der Waals surface area contributed by atoms with Gasteiger partial charge in [0.05, 0.1) is 39.3 Å². The zero-order valence-electron chi connectivity index (χ0n) is 9.90. The summed E-state index contributed by atoms with van der Waals surface area (Å²) in [6.07, 6.45) is 1.53. The fourth-order valence-corrected chi connectivity index (χ4v) is 2.37. The number of aromatic amines is 1. The molecule has 8 heteroatoms. The van der Waals surface area contributed by atoms with E-state index in [1.54, 1.807) is 18.2 Å². The third-order valence-corrected chi connectivity index (χ3v) is 3.41. The minimum absolute atomic E-state index is 0.0955. The summed E-state index contributed by atoms with van der Waals surface area (Å²) in [5.74, 6) is -0.571. The van der Waals surface area contributed by atoms with Crippen LogP contribution in [0.5, 0.6) is 5.06 Å². The monoisotopic (exact) mass is 289 g/mol. The van der Waals surface area contributed by atoms with Crippen LogP contribution in [0.15, 0.2) is 36.0 Å². The number of ether oxygens (including phenoxy) is 1. The van der Waals surface area contributed by atoms with Gasteiger partial charge in [-0.1, -0.05) is 11.3 Å². The summed E-state index contributed by atoms with van der Waals surface area (Å²) < 4.78 is 5.10. The molecule has 7 nitrogen and oxygen atoms in total. The molecule has 2 aromatic heterocycles. The van der Waals surface area contributed by atoms with Gasteiger partial charge in [0, 0.05) is 0 Å². The van der Waals surface area contributed by atoms with Crippen molar-refractivity contribution in [1.29, 1.82) is 0 Å². The minimum Gasteiger partial charge on any atom is -0.412 e. The normalized spacial score (nSPS) is 10.6. The van der Waals surface area contributed by atoms with Crippen molar-refractivity contribution in [3.63, 3.8) is 0 Å². The summed E-state index contributed by atoms with van der Waals surface area (Å²) in [5.41, 5.74) is 1.71. The van der Waals surface area contributed by atoms with Crippen molar-refractivity contribution >= 4 is 34.0 Å². The largest absolute Gasteiger partial charge is 0.412 e. The second kappa shape index (κ2) is 4.74. The van der Waals surface area contributed by atoms with Crippen molar-refractivity contribution in [2.24, 2.45) is 0 Å². The highest BCUT2D eigenvalue weighted by atomic mass is 32.1. The number of hydrogen-bond donors (Lipinski definition) is 1. The van der Waals surface area contributed by atoms with E-state index >= 15 is 0 Å². The number of imidazole rings is 1. The summed E-state index contributed by atoms with van der Waals surface area (Å²) in [4.78, 5) is 28.9. The van der Waals surface area contributed by atoms with Crippen LogP contribution in [-0.2, 0) is 0 Å². The number of esters is 1. The Balaban J connectivity index is 1.82. The van der Waals surface area contributed by atoms with Crippen molar-refractivity contribution in [1.82, 2.24) is 9.97 Å². The second-order valence-electron chi connectivity index (χ2n) is 3.91. The number of thiophene rings is 1. The molecule has 3 rings (SSSR count). The van der Waals surface area contributed by atoms with Crippen LogP contribution in [0.3, 0.4) is 0 Å². The first-order valence-corrected chi connectivity index (χ1v) is 6.40. The minimum atomic E-state index is -0.571. The molecule has 1 N–H and O–H groups in total. The number of carbonyl (C=O) groups is 1. The Hall–Kier alpha value is -2.74. The molecule has 0 spiro atoms. The van der Waals surface area contributed by atoms with E-state index in [2.05, 4.69) is 9.97 Å². The maximum atomic E-state index is 11.9.